The van der Waals surface area contributed by atoms with Crippen molar-refractivity contribution in [3.63, 3.8) is 0 Å². The summed E-state index contributed by atoms with van der Waals surface area (Å²) in [5, 5.41) is 0.725. The van der Waals surface area contributed by atoms with Crippen LogP contribution in [-0.4, -0.2) is 11.0 Å². The molecule has 2 aromatic carbocycles. The molecule has 0 fully saturated rings. The van der Waals surface area contributed by atoms with Gasteiger partial charge >= 0.3 is 0 Å². The van der Waals surface area contributed by atoms with Crippen molar-refractivity contribution in [2.45, 2.75) is 35.3 Å². The van der Waals surface area contributed by atoms with Gasteiger partial charge in [-0.1, -0.05) is 35.9 Å². The van der Waals surface area contributed by atoms with E-state index in [4.69, 9.17) is 0 Å². The molecule has 1 unspecified atom stereocenters. The van der Waals surface area contributed by atoms with Crippen LogP contribution in [0.15, 0.2) is 52.3 Å². The molecule has 1 aliphatic rings. The highest BCUT2D eigenvalue weighted by Gasteiger charge is 2.21. The minimum atomic E-state index is 0.725. The highest BCUT2D eigenvalue weighted by Crippen LogP contribution is 2.39. The summed E-state index contributed by atoms with van der Waals surface area (Å²) in [7, 11) is 0. The molecule has 0 saturated heterocycles. The molecule has 0 aromatic heterocycles. The summed E-state index contributed by atoms with van der Waals surface area (Å²) < 4.78 is 0. The Morgan fingerprint density at radius 1 is 1.16 bits per heavy atom. The SMILES string of the molecule is Cc1ccc(SCC2Cc3ccccc3S2)c(C)c1. The second-order valence-electron chi connectivity index (χ2n) is 5.13. The van der Waals surface area contributed by atoms with Crippen molar-refractivity contribution >= 4 is 23.5 Å². The predicted molar refractivity (Wildman–Crippen MR) is 86.4 cm³/mol. The molecule has 98 valence electrons. The summed E-state index contributed by atoms with van der Waals surface area (Å²) >= 11 is 4.05. The Hall–Kier alpha value is -0.860. The van der Waals surface area contributed by atoms with Gasteiger partial charge in [0.2, 0.25) is 0 Å². The predicted octanol–water partition coefficient (Wildman–Crippen LogP) is 5.11. The van der Waals surface area contributed by atoms with Gasteiger partial charge in [-0.25, -0.2) is 0 Å². The van der Waals surface area contributed by atoms with E-state index in [2.05, 4.69) is 56.3 Å². The van der Waals surface area contributed by atoms with E-state index >= 15 is 0 Å². The molecule has 0 amide bonds. The Balaban J connectivity index is 1.63. The number of benzene rings is 2. The third-order valence-electron chi connectivity index (χ3n) is 3.47. The van der Waals surface area contributed by atoms with Gasteiger partial charge in [-0.2, -0.15) is 0 Å². The Morgan fingerprint density at radius 3 is 2.79 bits per heavy atom. The molecule has 0 spiro atoms. The van der Waals surface area contributed by atoms with Crippen LogP contribution < -0.4 is 0 Å². The molecular weight excluding hydrogens is 268 g/mol. The molecule has 0 bridgehead atoms. The number of rotatable bonds is 3. The number of aryl methyl sites for hydroxylation is 2. The highest BCUT2D eigenvalue weighted by atomic mass is 32.2. The topological polar surface area (TPSA) is 0 Å². The lowest BCUT2D eigenvalue weighted by Crippen LogP contribution is -2.04. The molecule has 1 atom stereocenters. The van der Waals surface area contributed by atoms with Crippen LogP contribution in [0.25, 0.3) is 0 Å². The Morgan fingerprint density at radius 2 is 2.00 bits per heavy atom. The minimum absolute atomic E-state index is 0.725. The fourth-order valence-electron chi connectivity index (χ4n) is 2.49. The molecule has 3 rings (SSSR count). The van der Waals surface area contributed by atoms with E-state index in [0.29, 0.717) is 0 Å². The summed E-state index contributed by atoms with van der Waals surface area (Å²) in [4.78, 5) is 2.91. The molecular formula is C17H18S2. The van der Waals surface area contributed by atoms with Gasteiger partial charge in [-0.05, 0) is 43.5 Å². The lowest BCUT2D eigenvalue weighted by molar-refractivity contribution is 0.970. The molecule has 1 heterocycles. The van der Waals surface area contributed by atoms with E-state index in [1.807, 2.05) is 23.5 Å². The normalized spacial score (nSPS) is 17.5. The van der Waals surface area contributed by atoms with Gasteiger partial charge in [-0.15, -0.1) is 23.5 Å². The molecule has 0 nitrogen and oxygen atoms in total. The maximum atomic E-state index is 2.28. The molecule has 2 aromatic rings. The van der Waals surface area contributed by atoms with E-state index in [1.54, 1.807) is 0 Å². The second kappa shape index (κ2) is 5.64. The van der Waals surface area contributed by atoms with Gasteiger partial charge < -0.3 is 0 Å². The fourth-order valence-corrected chi connectivity index (χ4v) is 4.98. The van der Waals surface area contributed by atoms with Crippen molar-refractivity contribution in [1.29, 1.82) is 0 Å². The highest BCUT2D eigenvalue weighted by molar-refractivity contribution is 8.03. The van der Waals surface area contributed by atoms with E-state index < -0.39 is 0 Å². The van der Waals surface area contributed by atoms with Crippen LogP contribution in [0.5, 0.6) is 0 Å². The largest absolute Gasteiger partial charge is 0.125 e. The lowest BCUT2D eigenvalue weighted by atomic mass is 10.1. The molecule has 2 heteroatoms. The third-order valence-corrected chi connectivity index (χ3v) is 6.34. The maximum Gasteiger partial charge on any atom is 0.0229 e. The van der Waals surface area contributed by atoms with Crippen LogP contribution >= 0.6 is 23.5 Å². The maximum absolute atomic E-state index is 2.28. The summed E-state index contributed by atoms with van der Waals surface area (Å²) in [6.07, 6.45) is 1.22. The zero-order valence-corrected chi connectivity index (χ0v) is 13.0. The molecule has 0 saturated carbocycles. The summed E-state index contributed by atoms with van der Waals surface area (Å²) in [5.41, 5.74) is 4.29. The van der Waals surface area contributed by atoms with E-state index in [-0.39, 0.29) is 0 Å². The van der Waals surface area contributed by atoms with Gasteiger partial charge in [0.05, 0.1) is 0 Å². The van der Waals surface area contributed by atoms with Gasteiger partial charge in [0, 0.05) is 20.8 Å². The van der Waals surface area contributed by atoms with Crippen molar-refractivity contribution in [3.05, 3.63) is 59.2 Å². The summed E-state index contributed by atoms with van der Waals surface area (Å²) in [6, 6.07) is 15.6. The average Bonchev–Trinajstić information content (AvgIpc) is 2.80. The number of fused-ring (bicyclic) bond motifs is 1. The van der Waals surface area contributed by atoms with Gasteiger partial charge in [0.1, 0.15) is 0 Å². The standard InChI is InChI=1S/C17H18S2/c1-12-7-8-16(13(2)9-12)18-11-15-10-14-5-3-4-6-17(14)19-15/h3-9,15H,10-11H2,1-2H3. The number of hydrogen-bond donors (Lipinski definition) is 0. The fraction of sp³-hybridized carbons (Fsp3) is 0.294. The first-order chi connectivity index (χ1) is 9.22. The molecule has 0 N–H and O–H groups in total. The van der Waals surface area contributed by atoms with Crippen LogP contribution in [0, 0.1) is 13.8 Å². The van der Waals surface area contributed by atoms with Crippen molar-refractivity contribution in [3.8, 4) is 0 Å². The Bertz CT molecular complexity index is 565. The van der Waals surface area contributed by atoms with E-state index in [1.165, 1.54) is 38.7 Å². The summed E-state index contributed by atoms with van der Waals surface area (Å²) in [5.74, 6) is 1.20. The first kappa shape index (κ1) is 13.1. The molecule has 19 heavy (non-hydrogen) atoms. The summed E-state index contributed by atoms with van der Waals surface area (Å²) in [6.45, 7) is 4.37. The van der Waals surface area contributed by atoms with E-state index in [0.717, 1.165) is 5.25 Å². The molecule has 0 radical (unpaired) electrons. The van der Waals surface area contributed by atoms with Crippen LogP contribution in [0.4, 0.5) is 0 Å². The zero-order valence-electron chi connectivity index (χ0n) is 11.3. The van der Waals surface area contributed by atoms with Crippen molar-refractivity contribution in [1.82, 2.24) is 0 Å². The number of thioether (sulfide) groups is 2. The van der Waals surface area contributed by atoms with Crippen molar-refractivity contribution < 1.29 is 0 Å². The first-order valence-corrected chi connectivity index (χ1v) is 8.53. The van der Waals surface area contributed by atoms with Crippen molar-refractivity contribution in [2.75, 3.05) is 5.75 Å². The van der Waals surface area contributed by atoms with Gasteiger partial charge in [0.15, 0.2) is 0 Å². The third kappa shape index (κ3) is 3.01. The lowest BCUT2D eigenvalue weighted by Gasteiger charge is -2.10. The Labute approximate surface area is 124 Å². The first-order valence-electron chi connectivity index (χ1n) is 6.67. The van der Waals surface area contributed by atoms with Gasteiger partial charge in [-0.3, -0.25) is 0 Å². The zero-order chi connectivity index (χ0) is 13.2. The van der Waals surface area contributed by atoms with Crippen molar-refractivity contribution in [2.24, 2.45) is 0 Å². The van der Waals surface area contributed by atoms with Crippen LogP contribution in [0.1, 0.15) is 16.7 Å². The average molecular weight is 286 g/mol. The quantitative estimate of drug-likeness (QED) is 0.719. The number of hydrogen-bond acceptors (Lipinski definition) is 2. The smallest absolute Gasteiger partial charge is 0.0229 e. The van der Waals surface area contributed by atoms with Crippen LogP contribution in [0.3, 0.4) is 0 Å². The Kier molecular flexibility index (Phi) is 3.90. The monoisotopic (exact) mass is 286 g/mol. The van der Waals surface area contributed by atoms with Crippen LogP contribution in [0.2, 0.25) is 0 Å². The van der Waals surface area contributed by atoms with E-state index in [9.17, 15) is 0 Å². The molecule has 0 aliphatic carbocycles. The van der Waals surface area contributed by atoms with Gasteiger partial charge in [0.25, 0.3) is 0 Å². The van der Waals surface area contributed by atoms with Crippen LogP contribution in [-0.2, 0) is 6.42 Å². The minimum Gasteiger partial charge on any atom is -0.125 e. The molecule has 1 aliphatic heterocycles. The second-order valence-corrected chi connectivity index (χ2v) is 7.54.